The van der Waals surface area contributed by atoms with E-state index in [1.807, 2.05) is 31.3 Å². The highest BCUT2D eigenvalue weighted by Crippen LogP contribution is 2.58. The zero-order valence-electron chi connectivity index (χ0n) is 16.5. The Balaban J connectivity index is 1.34. The number of fused-ring (bicyclic) bond motifs is 1. The van der Waals surface area contributed by atoms with Crippen molar-refractivity contribution in [1.82, 2.24) is 9.55 Å². The molecular formula is C22H25N5O2. The number of imidazole rings is 1. The predicted molar refractivity (Wildman–Crippen MR) is 109 cm³/mol. The van der Waals surface area contributed by atoms with Gasteiger partial charge in [0.05, 0.1) is 17.2 Å². The number of hydrogen-bond donors (Lipinski definition) is 3. The Morgan fingerprint density at radius 2 is 2.00 bits per heavy atom. The second kappa shape index (κ2) is 5.69. The van der Waals surface area contributed by atoms with Crippen molar-refractivity contribution in [2.75, 3.05) is 5.32 Å². The van der Waals surface area contributed by atoms with Crippen molar-refractivity contribution in [1.29, 1.82) is 0 Å². The molecule has 2 heterocycles. The Morgan fingerprint density at radius 1 is 1.21 bits per heavy atom. The molecule has 5 aliphatic rings. The smallest absolute Gasteiger partial charge is 0.220 e. The second-order valence-electron chi connectivity index (χ2n) is 9.60. The van der Waals surface area contributed by atoms with E-state index in [1.165, 1.54) is 6.42 Å². The Kier molecular flexibility index (Phi) is 3.38. The van der Waals surface area contributed by atoms with Crippen LogP contribution in [0.5, 0.6) is 5.88 Å². The summed E-state index contributed by atoms with van der Waals surface area (Å²) in [7, 11) is 1.82. The van der Waals surface area contributed by atoms with Crippen LogP contribution in [0, 0.1) is 11.8 Å². The summed E-state index contributed by atoms with van der Waals surface area (Å²) < 4.78 is 1.71. The lowest BCUT2D eigenvalue weighted by Gasteiger charge is -2.60. The highest BCUT2D eigenvalue weighted by atomic mass is 16.3. The third kappa shape index (κ3) is 2.71. The van der Waals surface area contributed by atoms with Crippen LogP contribution in [-0.2, 0) is 7.05 Å². The van der Waals surface area contributed by atoms with Gasteiger partial charge >= 0.3 is 0 Å². The number of hydrogen-bond acceptors (Lipinski definition) is 6. The van der Waals surface area contributed by atoms with Crippen LogP contribution in [0.3, 0.4) is 0 Å². The Labute approximate surface area is 168 Å². The number of aromatic nitrogens is 2. The van der Waals surface area contributed by atoms with Crippen LogP contribution in [0.15, 0.2) is 28.4 Å². The fourth-order valence-electron chi connectivity index (χ4n) is 6.49. The lowest BCUT2D eigenvalue weighted by Crippen LogP contribution is -2.62. The van der Waals surface area contributed by atoms with Crippen LogP contribution >= 0.6 is 0 Å². The van der Waals surface area contributed by atoms with E-state index in [4.69, 9.17) is 4.98 Å². The number of nitrogens with zero attached hydrogens (tertiary/aromatic N) is 4. The summed E-state index contributed by atoms with van der Waals surface area (Å²) in [5.74, 6) is 1.98. The maximum atomic E-state index is 11.0. The third-order valence-corrected chi connectivity index (χ3v) is 7.22. The Hall–Kier alpha value is -2.67. The highest BCUT2D eigenvalue weighted by molar-refractivity contribution is 5.80. The number of aromatic hydroxyl groups is 1. The molecule has 7 heteroatoms. The first-order valence-electron chi connectivity index (χ1n) is 10.4. The van der Waals surface area contributed by atoms with E-state index in [-0.39, 0.29) is 11.4 Å². The predicted octanol–water partition coefficient (Wildman–Crippen LogP) is 1.42. The summed E-state index contributed by atoms with van der Waals surface area (Å²) in [4.78, 5) is 4.70. The van der Waals surface area contributed by atoms with Crippen molar-refractivity contribution in [3.63, 3.8) is 0 Å². The molecule has 2 unspecified atom stereocenters. The summed E-state index contributed by atoms with van der Waals surface area (Å²) in [6, 6.07) is 5.86. The van der Waals surface area contributed by atoms with Gasteiger partial charge in [0.2, 0.25) is 11.8 Å². The van der Waals surface area contributed by atoms with Gasteiger partial charge in [-0.2, -0.15) is 10.2 Å². The van der Waals surface area contributed by atoms with Gasteiger partial charge in [0, 0.05) is 18.2 Å². The Morgan fingerprint density at radius 3 is 2.76 bits per heavy atom. The van der Waals surface area contributed by atoms with Crippen LogP contribution < -0.4 is 15.9 Å². The fourth-order valence-corrected chi connectivity index (χ4v) is 6.49. The van der Waals surface area contributed by atoms with Crippen molar-refractivity contribution in [2.24, 2.45) is 29.1 Å². The molecule has 1 aromatic heterocycles. The van der Waals surface area contributed by atoms with Gasteiger partial charge in [-0.1, -0.05) is 6.07 Å². The first-order valence-corrected chi connectivity index (χ1v) is 10.4. The van der Waals surface area contributed by atoms with E-state index >= 15 is 0 Å². The Bertz CT molecular complexity index is 1150. The monoisotopic (exact) mass is 391 g/mol. The minimum atomic E-state index is -0.531. The minimum Gasteiger partial charge on any atom is -0.493 e. The maximum absolute atomic E-state index is 11.0. The summed E-state index contributed by atoms with van der Waals surface area (Å²) in [6.45, 7) is 0. The molecule has 2 atom stereocenters. The SMILES string of the molecule is Cn1c(NC23CC4CC(CC(O)(C4)C2)C3)nc(/C=c2\ccc3c(c2)C=NN=3)c1O. The quantitative estimate of drug-likeness (QED) is 0.737. The van der Waals surface area contributed by atoms with Crippen molar-refractivity contribution >= 4 is 18.2 Å². The molecule has 7 rings (SSSR count). The number of anilines is 1. The molecule has 29 heavy (non-hydrogen) atoms. The van der Waals surface area contributed by atoms with Gasteiger partial charge in [0.15, 0.2) is 0 Å². The molecule has 4 saturated carbocycles. The molecule has 150 valence electrons. The van der Waals surface area contributed by atoms with Crippen molar-refractivity contribution in [2.45, 2.75) is 49.7 Å². The van der Waals surface area contributed by atoms with Crippen LogP contribution in [0.4, 0.5) is 5.95 Å². The molecule has 3 N–H and O–H groups in total. The number of benzene rings is 1. The molecule has 0 spiro atoms. The zero-order chi connectivity index (χ0) is 19.8. The maximum Gasteiger partial charge on any atom is 0.220 e. The van der Waals surface area contributed by atoms with Gasteiger partial charge in [-0.15, -0.1) is 0 Å². The van der Waals surface area contributed by atoms with E-state index in [9.17, 15) is 10.2 Å². The summed E-state index contributed by atoms with van der Waals surface area (Å²) in [5.41, 5.74) is 0.850. The molecule has 0 radical (unpaired) electrons. The molecule has 2 aromatic rings. The lowest BCUT2D eigenvalue weighted by atomic mass is 9.51. The zero-order valence-corrected chi connectivity index (χ0v) is 16.5. The topological polar surface area (TPSA) is 95.0 Å². The third-order valence-electron chi connectivity index (χ3n) is 7.22. The number of rotatable bonds is 3. The standard InChI is InChI=1S/C22H25N5O2/c1-27-19(28)18(6-13-2-3-17-16(5-13)11-23-26-17)24-20(27)25-21-7-14-4-15(8-21)10-22(29,9-14)12-21/h2-3,5-6,11,14-15,28-29H,4,7-10,12H2,1H3,(H,24,25)/b13-6+. The van der Waals surface area contributed by atoms with Crippen LogP contribution in [0.25, 0.3) is 6.08 Å². The summed E-state index contributed by atoms with van der Waals surface area (Å²) in [6.07, 6.45) is 9.64. The molecule has 4 fully saturated rings. The molecule has 0 saturated heterocycles. The molecular weight excluding hydrogens is 366 g/mol. The second-order valence-corrected chi connectivity index (χ2v) is 9.60. The van der Waals surface area contributed by atoms with Crippen LogP contribution in [0.2, 0.25) is 0 Å². The molecule has 1 aliphatic heterocycles. The molecule has 4 aliphatic carbocycles. The fraction of sp³-hybridized carbons (Fsp3) is 0.500. The minimum absolute atomic E-state index is 0.118. The average molecular weight is 391 g/mol. The highest BCUT2D eigenvalue weighted by Gasteiger charge is 2.57. The molecule has 1 aromatic carbocycles. The summed E-state index contributed by atoms with van der Waals surface area (Å²) in [5, 5.41) is 35.1. The molecule has 7 nitrogen and oxygen atoms in total. The van der Waals surface area contributed by atoms with Gasteiger partial charge in [-0.05, 0) is 73.8 Å². The van der Waals surface area contributed by atoms with E-state index in [0.29, 0.717) is 23.5 Å². The van der Waals surface area contributed by atoms with Crippen LogP contribution in [0.1, 0.15) is 49.8 Å². The number of nitrogens with one attached hydrogen (secondary N) is 1. The van der Waals surface area contributed by atoms with Crippen molar-refractivity contribution < 1.29 is 10.2 Å². The molecule has 4 bridgehead atoms. The average Bonchev–Trinajstić information content (AvgIpc) is 3.20. The van der Waals surface area contributed by atoms with Gasteiger partial charge in [0.1, 0.15) is 5.69 Å². The van der Waals surface area contributed by atoms with Crippen LogP contribution in [-0.4, -0.2) is 37.1 Å². The largest absolute Gasteiger partial charge is 0.493 e. The summed E-state index contributed by atoms with van der Waals surface area (Å²) >= 11 is 0. The first-order chi connectivity index (χ1) is 13.9. The van der Waals surface area contributed by atoms with Gasteiger partial charge in [-0.25, -0.2) is 4.98 Å². The van der Waals surface area contributed by atoms with Gasteiger partial charge in [0.25, 0.3) is 0 Å². The first kappa shape index (κ1) is 17.2. The van der Waals surface area contributed by atoms with E-state index < -0.39 is 5.60 Å². The van der Waals surface area contributed by atoms with Crippen molar-refractivity contribution in [3.8, 4) is 5.88 Å². The van der Waals surface area contributed by atoms with E-state index in [0.717, 1.165) is 48.2 Å². The lowest BCUT2D eigenvalue weighted by molar-refractivity contribution is -0.128. The normalized spacial score (nSPS) is 34.5. The van der Waals surface area contributed by atoms with E-state index in [2.05, 4.69) is 15.5 Å². The number of aliphatic hydroxyl groups is 1. The van der Waals surface area contributed by atoms with E-state index in [1.54, 1.807) is 10.8 Å². The molecule has 0 amide bonds. The van der Waals surface area contributed by atoms with Crippen molar-refractivity contribution in [3.05, 3.63) is 40.0 Å². The van der Waals surface area contributed by atoms with Gasteiger partial charge in [-0.3, -0.25) is 4.57 Å². The van der Waals surface area contributed by atoms with Gasteiger partial charge < -0.3 is 15.5 Å².